The Morgan fingerprint density at radius 2 is 0.703 bits per heavy atom. The van der Waals surface area contributed by atoms with E-state index in [0.717, 1.165) is 83.5 Å². The number of rotatable bonds is 46. The minimum Gasteiger partial charge on any atom is -0.462 e. The molecular formula is C58H96O6. The van der Waals surface area contributed by atoms with E-state index in [1.807, 2.05) is 54.7 Å². The van der Waals surface area contributed by atoms with E-state index >= 15 is 0 Å². The molecule has 0 amide bonds. The van der Waals surface area contributed by atoms with Crippen LogP contribution in [0.5, 0.6) is 0 Å². The van der Waals surface area contributed by atoms with Crippen molar-refractivity contribution in [2.24, 2.45) is 0 Å². The summed E-state index contributed by atoms with van der Waals surface area (Å²) in [4.78, 5) is 38.0. The van der Waals surface area contributed by atoms with Crippen LogP contribution in [0.15, 0.2) is 97.2 Å². The van der Waals surface area contributed by atoms with Gasteiger partial charge in [-0.2, -0.15) is 0 Å². The summed E-state index contributed by atoms with van der Waals surface area (Å²) in [5, 5.41) is 0. The molecule has 0 aromatic rings. The summed E-state index contributed by atoms with van der Waals surface area (Å²) in [7, 11) is 0. The van der Waals surface area contributed by atoms with Crippen LogP contribution in [0.2, 0.25) is 0 Å². The summed E-state index contributed by atoms with van der Waals surface area (Å²) in [6.45, 7) is 6.30. The molecule has 6 nitrogen and oxygen atoms in total. The molecule has 0 rings (SSSR count). The van der Waals surface area contributed by atoms with E-state index in [4.69, 9.17) is 14.2 Å². The second kappa shape index (κ2) is 52.0. The van der Waals surface area contributed by atoms with Gasteiger partial charge in [0.2, 0.25) is 0 Å². The minimum atomic E-state index is -0.817. The highest BCUT2D eigenvalue weighted by Crippen LogP contribution is 2.16. The number of ether oxygens (including phenoxy) is 3. The number of unbranched alkanes of at least 4 members (excludes halogenated alkanes) is 23. The number of allylic oxidation sites excluding steroid dienone is 16. The second-order valence-electron chi connectivity index (χ2n) is 17.2. The molecule has 1 atom stereocenters. The molecule has 0 saturated carbocycles. The van der Waals surface area contributed by atoms with Crippen LogP contribution in [-0.2, 0) is 28.6 Å². The Morgan fingerprint density at radius 1 is 0.344 bits per heavy atom. The standard InChI is InChI=1S/C58H96O6/c1-4-7-10-13-16-19-22-25-27-28-29-30-31-34-36-39-42-45-48-51-57(60)63-54-55(53-62-56(59)50-47-44-41-38-35-32-24-21-18-15-12-9-6-3)64-58(61)52-49-46-43-40-37-33-26-23-20-17-14-11-8-5-2/h8-9,11-12,15,17-18,20-21,24,26,32-33,35,38,41,55H,4-7,10,13-14,16,19,22-23,25,27-31,34,36-37,39-40,42-54H2,1-3H3/b11-8+,12-9+,18-15+,20-17+,24-21+,33-26+,35-32+,41-38+. The van der Waals surface area contributed by atoms with Crippen molar-refractivity contribution in [3.8, 4) is 0 Å². The molecule has 0 bridgehead atoms. The van der Waals surface area contributed by atoms with Crippen molar-refractivity contribution in [3.05, 3.63) is 97.2 Å². The maximum absolute atomic E-state index is 12.8. The number of hydrogen-bond donors (Lipinski definition) is 0. The van der Waals surface area contributed by atoms with E-state index in [1.165, 1.54) is 103 Å². The van der Waals surface area contributed by atoms with Gasteiger partial charge < -0.3 is 14.2 Å². The third-order valence-electron chi connectivity index (χ3n) is 11.0. The van der Waals surface area contributed by atoms with Crippen LogP contribution in [-0.4, -0.2) is 37.2 Å². The molecule has 0 N–H and O–H groups in total. The molecule has 0 aromatic carbocycles. The normalized spacial score (nSPS) is 12.9. The maximum Gasteiger partial charge on any atom is 0.306 e. The fourth-order valence-electron chi connectivity index (χ4n) is 7.08. The lowest BCUT2D eigenvalue weighted by Gasteiger charge is -2.18. The Hall–Kier alpha value is -3.67. The minimum absolute atomic E-state index is 0.108. The molecule has 0 spiro atoms. The highest BCUT2D eigenvalue weighted by molar-refractivity contribution is 5.71. The van der Waals surface area contributed by atoms with E-state index in [0.29, 0.717) is 12.8 Å². The Bertz CT molecular complexity index is 1300. The van der Waals surface area contributed by atoms with Crippen molar-refractivity contribution in [3.63, 3.8) is 0 Å². The van der Waals surface area contributed by atoms with Crippen molar-refractivity contribution in [1.29, 1.82) is 0 Å². The van der Waals surface area contributed by atoms with Gasteiger partial charge in [0.15, 0.2) is 6.10 Å². The van der Waals surface area contributed by atoms with Gasteiger partial charge in [-0.25, -0.2) is 0 Å². The van der Waals surface area contributed by atoms with E-state index in [-0.39, 0.29) is 44.0 Å². The summed E-state index contributed by atoms with van der Waals surface area (Å²) in [5.74, 6) is -1.01. The summed E-state index contributed by atoms with van der Waals surface area (Å²) >= 11 is 0. The Morgan fingerprint density at radius 3 is 1.19 bits per heavy atom. The molecule has 0 aliphatic rings. The SMILES string of the molecule is CC/C=C/C=C/C=C/C=C/C=C/CCCC(=O)OCC(COC(=O)CCCCCCCCCCCCCCCCCCCCC)OC(=O)CCCCCC/C=C/C/C=C/C/C=C/CC. The molecule has 0 radical (unpaired) electrons. The van der Waals surface area contributed by atoms with Crippen LogP contribution in [0.3, 0.4) is 0 Å². The number of hydrogen-bond acceptors (Lipinski definition) is 6. The van der Waals surface area contributed by atoms with Crippen molar-refractivity contribution in [1.82, 2.24) is 0 Å². The van der Waals surface area contributed by atoms with Crippen molar-refractivity contribution >= 4 is 17.9 Å². The fraction of sp³-hybridized carbons (Fsp3) is 0.672. The molecule has 0 fully saturated rings. The first-order valence-corrected chi connectivity index (χ1v) is 26.3. The van der Waals surface area contributed by atoms with Gasteiger partial charge in [-0.15, -0.1) is 0 Å². The molecule has 0 aromatic heterocycles. The zero-order valence-corrected chi connectivity index (χ0v) is 41.5. The third kappa shape index (κ3) is 49.3. The van der Waals surface area contributed by atoms with Gasteiger partial charge in [-0.1, -0.05) is 246 Å². The summed E-state index contributed by atoms with van der Waals surface area (Å²) in [5.41, 5.74) is 0. The van der Waals surface area contributed by atoms with Crippen molar-refractivity contribution in [2.45, 2.75) is 239 Å². The average molecular weight is 889 g/mol. The van der Waals surface area contributed by atoms with Gasteiger partial charge in [-0.05, 0) is 64.2 Å². The van der Waals surface area contributed by atoms with Crippen molar-refractivity contribution in [2.75, 3.05) is 13.2 Å². The number of carbonyl (C=O) groups is 3. The Labute approximate surface area is 394 Å². The van der Waals surface area contributed by atoms with Crippen LogP contribution in [0.25, 0.3) is 0 Å². The highest BCUT2D eigenvalue weighted by atomic mass is 16.6. The van der Waals surface area contributed by atoms with E-state index < -0.39 is 6.10 Å². The summed E-state index contributed by atoms with van der Waals surface area (Å²) in [6.07, 6.45) is 68.4. The molecule has 64 heavy (non-hydrogen) atoms. The number of esters is 3. The molecule has 0 aliphatic carbocycles. The van der Waals surface area contributed by atoms with Crippen LogP contribution in [0, 0.1) is 0 Å². The van der Waals surface area contributed by atoms with Gasteiger partial charge in [0, 0.05) is 19.3 Å². The van der Waals surface area contributed by atoms with Crippen LogP contribution in [0.1, 0.15) is 233 Å². The van der Waals surface area contributed by atoms with E-state index in [1.54, 1.807) is 0 Å². The monoisotopic (exact) mass is 889 g/mol. The van der Waals surface area contributed by atoms with Crippen molar-refractivity contribution < 1.29 is 28.6 Å². The molecule has 0 aliphatic heterocycles. The zero-order valence-electron chi connectivity index (χ0n) is 41.5. The predicted molar refractivity (Wildman–Crippen MR) is 274 cm³/mol. The molecule has 1 unspecified atom stereocenters. The maximum atomic E-state index is 12.8. The summed E-state index contributed by atoms with van der Waals surface area (Å²) < 4.78 is 16.7. The highest BCUT2D eigenvalue weighted by Gasteiger charge is 2.19. The first-order chi connectivity index (χ1) is 31.5. The largest absolute Gasteiger partial charge is 0.462 e. The van der Waals surface area contributed by atoms with Crippen LogP contribution < -0.4 is 0 Å². The first kappa shape index (κ1) is 60.3. The molecular weight excluding hydrogens is 793 g/mol. The van der Waals surface area contributed by atoms with Crippen LogP contribution >= 0.6 is 0 Å². The van der Waals surface area contributed by atoms with Crippen LogP contribution in [0.4, 0.5) is 0 Å². The topological polar surface area (TPSA) is 78.9 Å². The molecule has 364 valence electrons. The van der Waals surface area contributed by atoms with E-state index in [2.05, 4.69) is 63.3 Å². The smallest absolute Gasteiger partial charge is 0.306 e. The zero-order chi connectivity index (χ0) is 46.5. The Kier molecular flexibility index (Phi) is 49.0. The Balaban J connectivity index is 4.44. The average Bonchev–Trinajstić information content (AvgIpc) is 3.29. The fourth-order valence-corrected chi connectivity index (χ4v) is 7.08. The summed E-state index contributed by atoms with van der Waals surface area (Å²) in [6, 6.07) is 0. The quantitative estimate of drug-likeness (QED) is 0.0199. The van der Waals surface area contributed by atoms with Gasteiger partial charge in [0.25, 0.3) is 0 Å². The van der Waals surface area contributed by atoms with Gasteiger partial charge in [0.05, 0.1) is 0 Å². The number of carbonyl (C=O) groups excluding carboxylic acids is 3. The molecule has 6 heteroatoms. The lowest BCUT2D eigenvalue weighted by Crippen LogP contribution is -2.30. The molecule has 0 saturated heterocycles. The van der Waals surface area contributed by atoms with Gasteiger partial charge in [0.1, 0.15) is 13.2 Å². The molecule has 0 heterocycles. The predicted octanol–water partition coefficient (Wildman–Crippen LogP) is 17.4. The van der Waals surface area contributed by atoms with Gasteiger partial charge in [-0.3, -0.25) is 14.4 Å². The first-order valence-electron chi connectivity index (χ1n) is 26.3. The lowest BCUT2D eigenvalue weighted by atomic mass is 10.0. The lowest BCUT2D eigenvalue weighted by molar-refractivity contribution is -0.167. The second-order valence-corrected chi connectivity index (χ2v) is 17.2. The van der Waals surface area contributed by atoms with E-state index in [9.17, 15) is 14.4 Å². The third-order valence-corrected chi connectivity index (χ3v) is 11.0. The van der Waals surface area contributed by atoms with Gasteiger partial charge >= 0.3 is 17.9 Å².